The summed E-state index contributed by atoms with van der Waals surface area (Å²) >= 11 is 0. The van der Waals surface area contributed by atoms with Crippen molar-refractivity contribution in [3.8, 4) is 11.5 Å². The fourth-order valence-corrected chi connectivity index (χ4v) is 4.36. The Morgan fingerprint density at radius 2 is 1.80 bits per heavy atom. The Morgan fingerprint density at radius 3 is 2.48 bits per heavy atom. The smallest absolute Gasteiger partial charge is 0.333 e. The summed E-state index contributed by atoms with van der Waals surface area (Å²) in [4.78, 5) is 11.3. The largest absolute Gasteiger partial charge is 0.490 e. The Labute approximate surface area is 154 Å². The Morgan fingerprint density at radius 1 is 1.08 bits per heavy atom. The lowest BCUT2D eigenvalue weighted by Gasteiger charge is -2.15. The molecule has 1 rings (SSSR count). The number of unbranched alkanes of at least 4 members (excludes halogenated alkanes) is 3. The van der Waals surface area contributed by atoms with Crippen molar-refractivity contribution >= 4 is 20.7 Å². The molecule has 0 heterocycles. The molecule has 0 amide bonds. The lowest BCUT2D eigenvalue weighted by atomic mass is 10.2. The molecule has 25 heavy (non-hydrogen) atoms. The first kappa shape index (κ1) is 21.3. The number of ether oxygens (including phenoxy) is 3. The third-order valence-corrected chi connectivity index (χ3v) is 5.77. The number of hydrogen-bond donors (Lipinski definition) is 0. The molecule has 0 aliphatic rings. The van der Waals surface area contributed by atoms with Crippen LogP contribution < -0.4 is 14.7 Å². The highest BCUT2D eigenvalue weighted by Gasteiger charge is 2.10. The minimum Gasteiger partial charge on any atom is -0.490 e. The van der Waals surface area contributed by atoms with Gasteiger partial charge in [0, 0.05) is 5.57 Å². The summed E-state index contributed by atoms with van der Waals surface area (Å²) in [5, 5.41) is 1.35. The predicted octanol–water partition coefficient (Wildman–Crippen LogP) is 3.38. The van der Waals surface area contributed by atoms with E-state index in [2.05, 4.69) is 18.7 Å². The van der Waals surface area contributed by atoms with E-state index in [0.717, 1.165) is 24.3 Å². The third kappa shape index (κ3) is 8.25. The van der Waals surface area contributed by atoms with Gasteiger partial charge in [0.25, 0.3) is 0 Å². The van der Waals surface area contributed by atoms with E-state index in [0.29, 0.717) is 25.4 Å². The Hall–Kier alpha value is -1.75. The van der Waals surface area contributed by atoms with E-state index in [9.17, 15) is 4.79 Å². The molecule has 1 aromatic rings. The number of carbonyl (C=O) groups is 1. The number of carbonyl (C=O) groups excluding carboxylic acids is 1. The van der Waals surface area contributed by atoms with E-state index in [4.69, 9.17) is 14.2 Å². The molecule has 0 unspecified atom stereocenters. The van der Waals surface area contributed by atoms with Gasteiger partial charge in [0.1, 0.15) is 0 Å². The summed E-state index contributed by atoms with van der Waals surface area (Å²) in [6.07, 6.45) is 4.40. The van der Waals surface area contributed by atoms with E-state index in [1.54, 1.807) is 6.92 Å². The average Bonchev–Trinajstić information content (AvgIpc) is 2.59. The maximum Gasteiger partial charge on any atom is 0.333 e. The molecule has 0 bridgehead atoms. The molecule has 140 valence electrons. The second kappa shape index (κ2) is 12.6. The highest BCUT2D eigenvalue weighted by atomic mass is 28.2. The van der Waals surface area contributed by atoms with E-state index in [1.165, 1.54) is 24.1 Å². The predicted molar refractivity (Wildman–Crippen MR) is 106 cm³/mol. The minimum absolute atomic E-state index is 0.287. The zero-order chi connectivity index (χ0) is 18.5. The van der Waals surface area contributed by atoms with Crippen LogP contribution in [-0.4, -0.2) is 35.3 Å². The third-order valence-electron chi connectivity index (χ3n) is 3.82. The van der Waals surface area contributed by atoms with Gasteiger partial charge in [-0.2, -0.15) is 0 Å². The summed E-state index contributed by atoms with van der Waals surface area (Å²) in [6.45, 7) is 11.1. The minimum atomic E-state index is -0.364. The molecule has 4 nitrogen and oxygen atoms in total. The van der Waals surface area contributed by atoms with Crippen molar-refractivity contribution < 1.29 is 19.0 Å². The van der Waals surface area contributed by atoms with Crippen LogP contribution in [0.2, 0.25) is 6.04 Å². The van der Waals surface area contributed by atoms with Crippen LogP contribution in [0, 0.1) is 0 Å². The summed E-state index contributed by atoms with van der Waals surface area (Å²) in [6, 6.07) is 7.47. The first-order valence-electron chi connectivity index (χ1n) is 9.30. The monoisotopic (exact) mass is 364 g/mol. The number of benzene rings is 1. The summed E-state index contributed by atoms with van der Waals surface area (Å²) in [5.74, 6) is 1.53. The quantitative estimate of drug-likeness (QED) is 0.233. The van der Waals surface area contributed by atoms with Crippen LogP contribution in [0.15, 0.2) is 30.4 Å². The van der Waals surface area contributed by atoms with Crippen LogP contribution >= 0.6 is 0 Å². The van der Waals surface area contributed by atoms with Gasteiger partial charge in [-0.3, -0.25) is 0 Å². The molecule has 0 saturated heterocycles. The van der Waals surface area contributed by atoms with Crippen LogP contribution in [0.4, 0.5) is 0 Å². The zero-order valence-corrected chi connectivity index (χ0v) is 17.4. The number of hydrogen-bond acceptors (Lipinski definition) is 4. The fourth-order valence-electron chi connectivity index (χ4n) is 2.57. The van der Waals surface area contributed by atoms with E-state index in [-0.39, 0.29) is 15.5 Å². The van der Waals surface area contributed by atoms with Crippen LogP contribution in [0.5, 0.6) is 11.5 Å². The summed E-state index contributed by atoms with van der Waals surface area (Å²) < 4.78 is 16.6. The second-order valence-corrected chi connectivity index (χ2v) is 8.01. The van der Waals surface area contributed by atoms with Gasteiger partial charge in [0.05, 0.1) is 29.3 Å². The molecule has 0 aliphatic carbocycles. The number of esters is 1. The van der Waals surface area contributed by atoms with Gasteiger partial charge < -0.3 is 14.2 Å². The van der Waals surface area contributed by atoms with Crippen molar-refractivity contribution in [2.45, 2.75) is 52.5 Å². The summed E-state index contributed by atoms with van der Waals surface area (Å²) in [5.41, 5.74) is 0.463. The number of rotatable bonds is 13. The Balaban J connectivity index is 2.28. The van der Waals surface area contributed by atoms with Crippen molar-refractivity contribution in [2.75, 3.05) is 19.8 Å². The Kier molecular flexibility index (Phi) is 10.7. The highest BCUT2D eigenvalue weighted by molar-refractivity contribution is 6.54. The van der Waals surface area contributed by atoms with E-state index >= 15 is 0 Å². The lowest BCUT2D eigenvalue weighted by Crippen LogP contribution is -2.18. The second-order valence-electron chi connectivity index (χ2n) is 6.04. The normalized spacial score (nSPS) is 10.8. The van der Waals surface area contributed by atoms with Crippen molar-refractivity contribution in [1.29, 1.82) is 0 Å². The number of para-hydroxylation sites is 1. The van der Waals surface area contributed by atoms with Gasteiger partial charge in [-0.15, -0.1) is 0 Å². The molecule has 1 aromatic carbocycles. The van der Waals surface area contributed by atoms with Crippen molar-refractivity contribution in [2.24, 2.45) is 0 Å². The standard InChI is InChI=1S/C20H32O4Si/c1-5-22-17-12-11-13-18(19(17)23-6-2)25-15-10-8-7-9-14-24-20(21)16(3)4/h11-13H,3,5-10,14-15,25H2,1-2,4H3. The molecule has 0 saturated carbocycles. The maximum atomic E-state index is 11.3. The van der Waals surface area contributed by atoms with Crippen LogP contribution in [0.3, 0.4) is 0 Å². The van der Waals surface area contributed by atoms with Crippen LogP contribution in [0.1, 0.15) is 46.5 Å². The van der Waals surface area contributed by atoms with Crippen LogP contribution in [0.25, 0.3) is 0 Å². The molecule has 0 N–H and O–H groups in total. The first-order valence-corrected chi connectivity index (χ1v) is 11.0. The topological polar surface area (TPSA) is 44.8 Å². The molecule has 0 fully saturated rings. The van der Waals surface area contributed by atoms with Crippen LogP contribution in [-0.2, 0) is 9.53 Å². The SMILES string of the molecule is C=C(C)C(=O)OCCCCCC[SiH2]c1cccc(OCC)c1OCC. The van der Waals surface area contributed by atoms with Gasteiger partial charge >= 0.3 is 5.97 Å². The molecule has 0 spiro atoms. The lowest BCUT2D eigenvalue weighted by molar-refractivity contribution is -0.139. The van der Waals surface area contributed by atoms with Gasteiger partial charge in [-0.25, -0.2) is 4.79 Å². The first-order chi connectivity index (χ1) is 12.1. The fraction of sp³-hybridized carbons (Fsp3) is 0.550. The highest BCUT2D eigenvalue weighted by Crippen LogP contribution is 2.24. The Bertz CT molecular complexity index is 542. The molecule has 5 heteroatoms. The van der Waals surface area contributed by atoms with Crippen molar-refractivity contribution in [3.63, 3.8) is 0 Å². The van der Waals surface area contributed by atoms with Gasteiger partial charge in [-0.1, -0.05) is 44.0 Å². The molecule has 0 atom stereocenters. The average molecular weight is 365 g/mol. The molecular formula is C20H32O4Si. The molecule has 0 radical (unpaired) electrons. The van der Waals surface area contributed by atoms with Crippen molar-refractivity contribution in [1.82, 2.24) is 0 Å². The van der Waals surface area contributed by atoms with Gasteiger partial charge in [0.15, 0.2) is 11.5 Å². The van der Waals surface area contributed by atoms with Gasteiger partial charge in [0.2, 0.25) is 0 Å². The zero-order valence-electron chi connectivity index (χ0n) is 15.9. The summed E-state index contributed by atoms with van der Waals surface area (Å²) in [7, 11) is -0.364. The van der Waals surface area contributed by atoms with E-state index in [1.807, 2.05) is 19.9 Å². The maximum absolute atomic E-state index is 11.3. The molecule has 0 aliphatic heterocycles. The van der Waals surface area contributed by atoms with E-state index < -0.39 is 0 Å². The van der Waals surface area contributed by atoms with Crippen molar-refractivity contribution in [3.05, 3.63) is 30.4 Å². The molecular weight excluding hydrogens is 332 g/mol. The van der Waals surface area contributed by atoms with Gasteiger partial charge in [-0.05, 0) is 38.4 Å². The molecule has 0 aromatic heterocycles.